The minimum Gasteiger partial charge on any atom is -0.382 e. The molecule has 0 bridgehead atoms. The summed E-state index contributed by atoms with van der Waals surface area (Å²) in [7, 11) is 3.40. The zero-order chi connectivity index (χ0) is 28.6. The number of rotatable bonds is 7. The van der Waals surface area contributed by atoms with E-state index in [1.807, 2.05) is 6.07 Å². The summed E-state index contributed by atoms with van der Waals surface area (Å²) in [5.41, 5.74) is 0.963. The van der Waals surface area contributed by atoms with E-state index in [1.54, 1.807) is 32.4 Å². The molecule has 1 aliphatic heterocycles. The summed E-state index contributed by atoms with van der Waals surface area (Å²) in [6.07, 6.45) is 2.40. The molecule has 1 atom stereocenters. The van der Waals surface area contributed by atoms with Gasteiger partial charge in [0, 0.05) is 57.6 Å². The predicted molar refractivity (Wildman–Crippen MR) is 145 cm³/mol. The maximum Gasteiger partial charge on any atom is 0.317 e. The molecule has 4 heterocycles. The van der Waals surface area contributed by atoms with E-state index in [4.69, 9.17) is 4.52 Å². The molecule has 13 heteroatoms. The van der Waals surface area contributed by atoms with Gasteiger partial charge in [-0.2, -0.15) is 5.10 Å². The van der Waals surface area contributed by atoms with Crippen LogP contribution in [0.15, 0.2) is 41.1 Å². The molecule has 3 aromatic heterocycles. The lowest BCUT2D eigenvalue weighted by Crippen LogP contribution is -2.42. The maximum absolute atomic E-state index is 15.2. The normalized spacial score (nSPS) is 15.4. The van der Waals surface area contributed by atoms with E-state index in [9.17, 15) is 14.7 Å². The van der Waals surface area contributed by atoms with E-state index in [-0.39, 0.29) is 30.1 Å². The van der Waals surface area contributed by atoms with Crippen LogP contribution in [0.1, 0.15) is 42.1 Å². The number of halogens is 1. The number of pyridine rings is 1. The van der Waals surface area contributed by atoms with Crippen molar-refractivity contribution >= 4 is 28.8 Å². The summed E-state index contributed by atoms with van der Waals surface area (Å²) in [4.78, 5) is 32.5. The first kappa shape index (κ1) is 27.1. The topological polar surface area (TPSA) is 153 Å². The summed E-state index contributed by atoms with van der Waals surface area (Å²) in [6, 6.07) is 7.81. The van der Waals surface area contributed by atoms with Gasteiger partial charge in [0.05, 0.1) is 5.39 Å². The summed E-state index contributed by atoms with van der Waals surface area (Å²) < 4.78 is 20.2. The van der Waals surface area contributed by atoms with Crippen LogP contribution in [0.25, 0.3) is 22.2 Å². The van der Waals surface area contributed by atoms with E-state index >= 15 is 4.39 Å². The first-order chi connectivity index (χ1) is 19.0. The summed E-state index contributed by atoms with van der Waals surface area (Å²) in [5.74, 6) is -0.196. The lowest BCUT2D eigenvalue weighted by atomic mass is 10.0. The molecular formula is C27H31FN8O4. The second-order valence-electron chi connectivity index (χ2n) is 10.5. The number of carbonyl (C=O) groups excluding carboxylic acids is 2. The highest BCUT2D eigenvalue weighted by molar-refractivity contribution is 6.00. The van der Waals surface area contributed by atoms with Crippen LogP contribution in [0.5, 0.6) is 0 Å². The van der Waals surface area contributed by atoms with Crippen LogP contribution in [0.4, 0.5) is 15.0 Å². The van der Waals surface area contributed by atoms with Crippen LogP contribution in [0, 0.1) is 5.82 Å². The van der Waals surface area contributed by atoms with E-state index in [0.717, 1.165) is 17.4 Å². The fourth-order valence-corrected chi connectivity index (χ4v) is 4.57. The molecule has 5 rings (SSSR count). The number of amides is 3. The molecule has 4 aromatic rings. The quantitative estimate of drug-likeness (QED) is 0.274. The molecule has 210 valence electrons. The van der Waals surface area contributed by atoms with Crippen LogP contribution in [-0.2, 0) is 12.1 Å². The highest BCUT2D eigenvalue weighted by Crippen LogP contribution is 2.35. The number of urea groups is 1. The van der Waals surface area contributed by atoms with Gasteiger partial charge in [0.25, 0.3) is 5.91 Å². The number of anilines is 1. The van der Waals surface area contributed by atoms with Crippen LogP contribution >= 0.6 is 0 Å². The Kier molecular flexibility index (Phi) is 7.15. The van der Waals surface area contributed by atoms with E-state index in [2.05, 4.69) is 35.9 Å². The average molecular weight is 551 g/mol. The number of fused-ring (bicyclic) bond motifs is 1. The Morgan fingerprint density at radius 1 is 1.27 bits per heavy atom. The molecule has 0 saturated carbocycles. The van der Waals surface area contributed by atoms with Crippen molar-refractivity contribution in [2.45, 2.75) is 38.5 Å². The first-order valence-electron chi connectivity index (χ1n) is 12.8. The fraction of sp³-hybridized carbons (Fsp3) is 0.370. The molecule has 1 aliphatic rings. The van der Waals surface area contributed by atoms with Crippen molar-refractivity contribution in [2.75, 3.05) is 32.1 Å². The first-order valence-corrected chi connectivity index (χ1v) is 12.8. The standard InChI is InChI=1S/C27H31FN8O4/c1-27(2,39)21-12-20(34-40-21)25(37)30-13-16-6-5-15(11-19(16)28)18-7-9-29-23-22(18)24(33-32-23)36-10-8-17(14-36)31-26(38)35(3)4/h5-7,9,11-12,17,39H,8,10,13-14H2,1-4H3,(H,30,37)(H,31,38)(H,29,32,33). The number of aromatic amines is 1. The van der Waals surface area contributed by atoms with Gasteiger partial charge in [0.15, 0.2) is 22.9 Å². The SMILES string of the molecule is CN(C)C(=O)NC1CCN(c2n[nH]c3nccc(-c4ccc(CNC(=O)c5cc(C(C)(C)O)on5)c(F)c4)c23)C1. The van der Waals surface area contributed by atoms with E-state index in [1.165, 1.54) is 30.9 Å². The molecule has 0 spiro atoms. The van der Waals surface area contributed by atoms with E-state index in [0.29, 0.717) is 35.7 Å². The number of H-pyrrole nitrogens is 1. The Hall–Kier alpha value is -4.52. The number of nitrogens with zero attached hydrogens (tertiary/aromatic N) is 5. The third-order valence-corrected chi connectivity index (χ3v) is 6.81. The number of hydrogen-bond donors (Lipinski definition) is 4. The number of carbonyl (C=O) groups is 2. The molecule has 1 fully saturated rings. The van der Waals surface area contributed by atoms with Gasteiger partial charge in [-0.1, -0.05) is 17.3 Å². The average Bonchev–Trinajstić information content (AvgIpc) is 3.66. The Bertz CT molecular complexity index is 1560. The Morgan fingerprint density at radius 3 is 2.77 bits per heavy atom. The molecule has 1 aromatic carbocycles. The molecule has 0 radical (unpaired) electrons. The Labute approximate surface area is 229 Å². The molecule has 1 unspecified atom stereocenters. The summed E-state index contributed by atoms with van der Waals surface area (Å²) >= 11 is 0. The molecule has 3 amide bonds. The zero-order valence-electron chi connectivity index (χ0n) is 22.7. The maximum atomic E-state index is 15.2. The second kappa shape index (κ2) is 10.6. The van der Waals surface area contributed by atoms with Crippen molar-refractivity contribution in [1.29, 1.82) is 0 Å². The molecule has 0 aliphatic carbocycles. The Balaban J connectivity index is 1.33. The van der Waals surface area contributed by atoms with Gasteiger partial charge >= 0.3 is 6.03 Å². The van der Waals surface area contributed by atoms with Gasteiger partial charge in [-0.15, -0.1) is 0 Å². The van der Waals surface area contributed by atoms with Crippen molar-refractivity contribution in [3.05, 3.63) is 59.4 Å². The minimum atomic E-state index is -1.28. The molecular weight excluding hydrogens is 519 g/mol. The number of aliphatic hydroxyl groups is 1. The highest BCUT2D eigenvalue weighted by Gasteiger charge is 2.28. The number of hydrogen-bond acceptors (Lipinski definition) is 8. The minimum absolute atomic E-state index is 0.00810. The molecule has 40 heavy (non-hydrogen) atoms. The second-order valence-corrected chi connectivity index (χ2v) is 10.5. The van der Waals surface area contributed by atoms with Gasteiger partial charge in [-0.3, -0.25) is 9.89 Å². The number of benzene rings is 1. The lowest BCUT2D eigenvalue weighted by molar-refractivity contribution is 0.0474. The molecule has 4 N–H and O–H groups in total. The highest BCUT2D eigenvalue weighted by atomic mass is 19.1. The van der Waals surface area contributed by atoms with Crippen molar-refractivity contribution in [3.63, 3.8) is 0 Å². The fourth-order valence-electron chi connectivity index (χ4n) is 4.57. The number of nitrogens with one attached hydrogen (secondary N) is 3. The largest absolute Gasteiger partial charge is 0.382 e. The van der Waals surface area contributed by atoms with Gasteiger partial charge in [-0.25, -0.2) is 14.2 Å². The Morgan fingerprint density at radius 2 is 2.08 bits per heavy atom. The monoisotopic (exact) mass is 550 g/mol. The summed E-state index contributed by atoms with van der Waals surface area (Å²) in [6.45, 7) is 4.25. The van der Waals surface area contributed by atoms with E-state index < -0.39 is 17.3 Å². The predicted octanol–water partition coefficient (Wildman–Crippen LogP) is 2.76. The van der Waals surface area contributed by atoms with Gasteiger partial charge in [0.1, 0.15) is 11.4 Å². The third kappa shape index (κ3) is 5.45. The van der Waals surface area contributed by atoms with Crippen LogP contribution in [0.2, 0.25) is 0 Å². The van der Waals surface area contributed by atoms with Crippen LogP contribution in [0.3, 0.4) is 0 Å². The number of aromatic nitrogens is 4. The summed E-state index contributed by atoms with van der Waals surface area (Å²) in [5, 5.41) is 27.5. The van der Waals surface area contributed by atoms with Crippen molar-refractivity contribution < 1.29 is 23.6 Å². The lowest BCUT2D eigenvalue weighted by Gasteiger charge is -2.19. The third-order valence-electron chi connectivity index (χ3n) is 6.81. The molecule has 1 saturated heterocycles. The van der Waals surface area contributed by atoms with Crippen molar-refractivity contribution in [2.24, 2.45) is 0 Å². The smallest absolute Gasteiger partial charge is 0.317 e. The van der Waals surface area contributed by atoms with Gasteiger partial charge in [-0.05, 0) is 43.5 Å². The van der Waals surface area contributed by atoms with Gasteiger partial charge < -0.3 is 30.1 Å². The van der Waals surface area contributed by atoms with Crippen LogP contribution < -0.4 is 15.5 Å². The van der Waals surface area contributed by atoms with Crippen molar-refractivity contribution in [3.8, 4) is 11.1 Å². The molecule has 12 nitrogen and oxygen atoms in total. The van der Waals surface area contributed by atoms with Crippen molar-refractivity contribution in [1.82, 2.24) is 35.9 Å². The van der Waals surface area contributed by atoms with Gasteiger partial charge in [0.2, 0.25) is 0 Å². The zero-order valence-corrected chi connectivity index (χ0v) is 22.7. The van der Waals surface area contributed by atoms with Crippen LogP contribution in [-0.4, -0.2) is 75.5 Å².